The van der Waals surface area contributed by atoms with Crippen molar-refractivity contribution in [2.45, 2.75) is 38.8 Å². The Hall–Kier alpha value is -0.280. The zero-order chi connectivity index (χ0) is 10.1. The number of rotatable bonds is 4. The molecule has 1 saturated carbocycles. The maximum absolute atomic E-state index is 5.50. The minimum Gasteiger partial charge on any atom is -0.453 e. The van der Waals surface area contributed by atoms with Crippen LogP contribution in [0.1, 0.15) is 38.5 Å². The second kappa shape index (κ2) is 4.07. The van der Waals surface area contributed by atoms with Crippen LogP contribution in [0.2, 0.25) is 0 Å². The lowest BCUT2D eigenvalue weighted by Crippen LogP contribution is -2.30. The molecule has 1 aromatic heterocycles. The van der Waals surface area contributed by atoms with Gasteiger partial charge in [0, 0.05) is 6.04 Å². The SMILES string of the molecule is CC(NC(C)C1CC1)c1ccc(Br)o1. The maximum atomic E-state index is 5.50. The van der Waals surface area contributed by atoms with Crippen molar-refractivity contribution >= 4 is 15.9 Å². The quantitative estimate of drug-likeness (QED) is 0.894. The molecule has 3 heteroatoms. The van der Waals surface area contributed by atoms with Gasteiger partial charge in [-0.1, -0.05) is 0 Å². The highest BCUT2D eigenvalue weighted by atomic mass is 79.9. The molecular weight excluding hydrogens is 242 g/mol. The first kappa shape index (κ1) is 10.2. The lowest BCUT2D eigenvalue weighted by atomic mass is 10.1. The van der Waals surface area contributed by atoms with Gasteiger partial charge in [-0.25, -0.2) is 0 Å². The van der Waals surface area contributed by atoms with Crippen molar-refractivity contribution in [2.75, 3.05) is 0 Å². The van der Waals surface area contributed by atoms with Crippen LogP contribution >= 0.6 is 15.9 Å². The lowest BCUT2D eigenvalue weighted by molar-refractivity contribution is 0.374. The molecule has 0 radical (unpaired) electrons. The van der Waals surface area contributed by atoms with Crippen molar-refractivity contribution in [1.82, 2.24) is 5.32 Å². The van der Waals surface area contributed by atoms with Crippen LogP contribution in [-0.2, 0) is 0 Å². The number of furan rings is 1. The van der Waals surface area contributed by atoms with Gasteiger partial charge in [-0.3, -0.25) is 0 Å². The molecule has 2 atom stereocenters. The predicted molar refractivity (Wildman–Crippen MR) is 60.1 cm³/mol. The largest absolute Gasteiger partial charge is 0.453 e. The number of halogens is 1. The first-order valence-corrected chi connectivity index (χ1v) is 5.97. The minimum atomic E-state index is 0.303. The van der Waals surface area contributed by atoms with Gasteiger partial charge in [0.05, 0.1) is 6.04 Å². The van der Waals surface area contributed by atoms with E-state index < -0.39 is 0 Å². The first-order chi connectivity index (χ1) is 6.66. The Morgan fingerprint density at radius 1 is 1.43 bits per heavy atom. The third-order valence-electron chi connectivity index (χ3n) is 2.86. The van der Waals surface area contributed by atoms with E-state index in [-0.39, 0.29) is 0 Å². The van der Waals surface area contributed by atoms with Crippen molar-refractivity contribution in [3.05, 3.63) is 22.6 Å². The third-order valence-corrected chi connectivity index (χ3v) is 3.29. The van der Waals surface area contributed by atoms with Gasteiger partial charge in [-0.05, 0) is 60.7 Å². The molecule has 1 N–H and O–H groups in total. The van der Waals surface area contributed by atoms with E-state index in [0.29, 0.717) is 12.1 Å². The van der Waals surface area contributed by atoms with E-state index in [1.807, 2.05) is 12.1 Å². The van der Waals surface area contributed by atoms with Crippen LogP contribution in [-0.4, -0.2) is 6.04 Å². The smallest absolute Gasteiger partial charge is 0.169 e. The highest BCUT2D eigenvalue weighted by Gasteiger charge is 2.29. The zero-order valence-corrected chi connectivity index (χ0v) is 10.2. The summed E-state index contributed by atoms with van der Waals surface area (Å²) in [6, 6.07) is 4.86. The normalized spacial score (nSPS) is 20.8. The summed E-state index contributed by atoms with van der Waals surface area (Å²) in [5.41, 5.74) is 0. The molecule has 1 heterocycles. The average molecular weight is 258 g/mol. The van der Waals surface area contributed by atoms with E-state index in [4.69, 9.17) is 4.42 Å². The highest BCUT2D eigenvalue weighted by Crippen LogP contribution is 2.33. The number of hydrogen-bond acceptors (Lipinski definition) is 2. The van der Waals surface area contributed by atoms with Crippen LogP contribution in [0, 0.1) is 5.92 Å². The summed E-state index contributed by atoms with van der Waals surface area (Å²) in [4.78, 5) is 0. The van der Waals surface area contributed by atoms with E-state index in [1.54, 1.807) is 0 Å². The summed E-state index contributed by atoms with van der Waals surface area (Å²) in [5.74, 6) is 1.89. The summed E-state index contributed by atoms with van der Waals surface area (Å²) < 4.78 is 6.31. The maximum Gasteiger partial charge on any atom is 0.169 e. The Kier molecular flexibility index (Phi) is 2.98. The monoisotopic (exact) mass is 257 g/mol. The third kappa shape index (κ3) is 2.39. The molecule has 14 heavy (non-hydrogen) atoms. The Bertz CT molecular complexity index is 306. The van der Waals surface area contributed by atoms with Crippen LogP contribution in [0.25, 0.3) is 0 Å². The van der Waals surface area contributed by atoms with Crippen molar-refractivity contribution in [2.24, 2.45) is 5.92 Å². The summed E-state index contributed by atoms with van der Waals surface area (Å²) in [6.07, 6.45) is 2.76. The van der Waals surface area contributed by atoms with Gasteiger partial charge in [0.2, 0.25) is 0 Å². The molecule has 0 aliphatic heterocycles. The van der Waals surface area contributed by atoms with Gasteiger partial charge in [-0.15, -0.1) is 0 Å². The molecule has 2 nitrogen and oxygen atoms in total. The Morgan fingerprint density at radius 2 is 2.14 bits per heavy atom. The molecule has 1 fully saturated rings. The van der Waals surface area contributed by atoms with Gasteiger partial charge in [0.15, 0.2) is 4.67 Å². The second-order valence-corrected chi connectivity index (χ2v) is 4.94. The average Bonchev–Trinajstić information content (AvgIpc) is 2.89. The molecule has 1 aromatic rings. The minimum absolute atomic E-state index is 0.303. The van der Waals surface area contributed by atoms with E-state index in [9.17, 15) is 0 Å². The van der Waals surface area contributed by atoms with Crippen LogP contribution in [0.3, 0.4) is 0 Å². The molecule has 0 spiro atoms. The fourth-order valence-corrected chi connectivity index (χ4v) is 2.09. The highest BCUT2D eigenvalue weighted by molar-refractivity contribution is 9.10. The Labute approximate surface area is 93.2 Å². The second-order valence-electron chi connectivity index (χ2n) is 4.16. The fraction of sp³-hybridized carbons (Fsp3) is 0.636. The summed E-state index contributed by atoms with van der Waals surface area (Å²) in [5, 5.41) is 3.56. The molecule has 0 amide bonds. The topological polar surface area (TPSA) is 25.2 Å². The molecule has 0 saturated heterocycles. The predicted octanol–water partition coefficient (Wildman–Crippen LogP) is 3.49. The zero-order valence-electron chi connectivity index (χ0n) is 8.59. The first-order valence-electron chi connectivity index (χ1n) is 5.18. The van der Waals surface area contributed by atoms with E-state index >= 15 is 0 Å². The van der Waals surface area contributed by atoms with Gasteiger partial charge >= 0.3 is 0 Å². The van der Waals surface area contributed by atoms with Gasteiger partial charge in [-0.2, -0.15) is 0 Å². The molecule has 1 aliphatic rings. The van der Waals surface area contributed by atoms with Gasteiger partial charge < -0.3 is 9.73 Å². The number of hydrogen-bond donors (Lipinski definition) is 1. The lowest BCUT2D eigenvalue weighted by Gasteiger charge is -2.17. The van der Waals surface area contributed by atoms with Crippen LogP contribution in [0.4, 0.5) is 0 Å². The standard InChI is InChI=1S/C11H16BrNO/c1-7(9-3-4-9)13-8(2)10-5-6-11(12)14-10/h5-9,13H,3-4H2,1-2H3. The van der Waals surface area contributed by atoms with Crippen molar-refractivity contribution < 1.29 is 4.42 Å². The van der Waals surface area contributed by atoms with Crippen LogP contribution in [0.5, 0.6) is 0 Å². The molecule has 2 unspecified atom stereocenters. The molecule has 78 valence electrons. The van der Waals surface area contributed by atoms with Crippen molar-refractivity contribution in [3.8, 4) is 0 Å². The van der Waals surface area contributed by atoms with E-state index in [0.717, 1.165) is 16.3 Å². The van der Waals surface area contributed by atoms with Crippen LogP contribution in [0.15, 0.2) is 21.2 Å². The van der Waals surface area contributed by atoms with Gasteiger partial charge in [0.1, 0.15) is 5.76 Å². The Balaban J connectivity index is 1.91. The molecule has 0 bridgehead atoms. The molecular formula is C11H16BrNO. The summed E-state index contributed by atoms with van der Waals surface area (Å²) in [6.45, 7) is 4.40. The molecule has 2 rings (SSSR count). The van der Waals surface area contributed by atoms with Gasteiger partial charge in [0.25, 0.3) is 0 Å². The van der Waals surface area contributed by atoms with E-state index in [2.05, 4.69) is 35.1 Å². The number of nitrogens with one attached hydrogen (secondary N) is 1. The fourth-order valence-electron chi connectivity index (χ4n) is 1.77. The molecule has 1 aliphatic carbocycles. The van der Waals surface area contributed by atoms with Crippen molar-refractivity contribution in [1.29, 1.82) is 0 Å². The summed E-state index contributed by atoms with van der Waals surface area (Å²) in [7, 11) is 0. The van der Waals surface area contributed by atoms with Crippen LogP contribution < -0.4 is 5.32 Å². The molecule has 0 aromatic carbocycles. The summed E-state index contributed by atoms with van der Waals surface area (Å²) >= 11 is 3.31. The Morgan fingerprint density at radius 3 is 2.64 bits per heavy atom. The van der Waals surface area contributed by atoms with E-state index in [1.165, 1.54) is 12.8 Å². The van der Waals surface area contributed by atoms with Crippen molar-refractivity contribution in [3.63, 3.8) is 0 Å².